The summed E-state index contributed by atoms with van der Waals surface area (Å²) in [4.78, 5) is 17.1. The number of anilines is 1. The molecule has 3 N–H and O–H groups in total. The van der Waals surface area contributed by atoms with Crippen molar-refractivity contribution in [2.75, 3.05) is 5.32 Å². The molecule has 0 atom stereocenters. The third kappa shape index (κ3) is 3.90. The second-order valence-corrected chi connectivity index (χ2v) is 8.71. The number of hydrogen-bond donors (Lipinski definition) is 3. The molecule has 0 bridgehead atoms. The van der Waals surface area contributed by atoms with E-state index in [0.717, 1.165) is 19.5 Å². The fourth-order valence-corrected chi connectivity index (χ4v) is 5.51. The van der Waals surface area contributed by atoms with Crippen LogP contribution in [0, 0.1) is 0 Å². The largest absolute Gasteiger partial charge is 0.488 e. The molecule has 3 heterocycles. The van der Waals surface area contributed by atoms with Gasteiger partial charge in [-0.1, -0.05) is 24.3 Å². The van der Waals surface area contributed by atoms with Gasteiger partial charge in [0, 0.05) is 20.3 Å². The standard InChI is InChI=1S/C19H14BNO3S3/c22-19(21-13-5-1-4-12(10-13)20(23)24)14-11-17(15-6-2-8-25-15)27-18(14)16-7-3-9-26-16/h1-11,23-24H,(H,21,22). The van der Waals surface area contributed by atoms with Gasteiger partial charge >= 0.3 is 7.12 Å². The third-order valence-electron chi connectivity index (χ3n) is 3.93. The molecule has 0 saturated carbocycles. The van der Waals surface area contributed by atoms with Gasteiger partial charge in [0.1, 0.15) is 0 Å². The fraction of sp³-hybridized carbons (Fsp3) is 0. The molecular weight excluding hydrogens is 397 g/mol. The van der Waals surface area contributed by atoms with Gasteiger partial charge in [0.15, 0.2) is 0 Å². The molecule has 134 valence electrons. The van der Waals surface area contributed by atoms with Crippen LogP contribution in [0.4, 0.5) is 5.69 Å². The Kier molecular flexibility index (Phi) is 5.24. The van der Waals surface area contributed by atoms with E-state index in [9.17, 15) is 14.8 Å². The van der Waals surface area contributed by atoms with Crippen LogP contribution in [0.3, 0.4) is 0 Å². The summed E-state index contributed by atoms with van der Waals surface area (Å²) in [5.74, 6) is -0.220. The van der Waals surface area contributed by atoms with Crippen LogP contribution in [0.5, 0.6) is 0 Å². The predicted octanol–water partition coefficient (Wildman–Crippen LogP) is 4.14. The predicted molar refractivity (Wildman–Crippen MR) is 115 cm³/mol. The lowest BCUT2D eigenvalue weighted by atomic mass is 9.80. The number of benzene rings is 1. The average Bonchev–Trinajstić information content (AvgIpc) is 3.41. The van der Waals surface area contributed by atoms with E-state index in [-0.39, 0.29) is 5.91 Å². The van der Waals surface area contributed by atoms with Gasteiger partial charge in [-0.2, -0.15) is 0 Å². The molecule has 3 aromatic heterocycles. The van der Waals surface area contributed by atoms with Crippen molar-refractivity contribution < 1.29 is 14.8 Å². The first-order chi connectivity index (χ1) is 13.1. The molecule has 0 unspecified atom stereocenters. The van der Waals surface area contributed by atoms with Crippen molar-refractivity contribution in [3.63, 3.8) is 0 Å². The first kappa shape index (κ1) is 18.2. The van der Waals surface area contributed by atoms with Crippen molar-refractivity contribution in [3.8, 4) is 19.5 Å². The zero-order chi connectivity index (χ0) is 18.8. The summed E-state index contributed by atoms with van der Waals surface area (Å²) in [5.41, 5.74) is 1.46. The number of amides is 1. The van der Waals surface area contributed by atoms with E-state index < -0.39 is 7.12 Å². The molecule has 0 saturated heterocycles. The minimum atomic E-state index is -1.57. The van der Waals surface area contributed by atoms with Crippen LogP contribution in [0.15, 0.2) is 65.4 Å². The van der Waals surface area contributed by atoms with Crippen molar-refractivity contribution in [3.05, 3.63) is 70.9 Å². The Morgan fingerprint density at radius 1 is 0.889 bits per heavy atom. The maximum atomic E-state index is 13.0. The Hall–Kier alpha value is -2.23. The quantitative estimate of drug-likeness (QED) is 0.433. The van der Waals surface area contributed by atoms with E-state index in [4.69, 9.17) is 0 Å². The molecule has 1 aromatic carbocycles. The molecule has 0 aliphatic rings. The molecule has 1 amide bonds. The lowest BCUT2D eigenvalue weighted by Gasteiger charge is -2.07. The van der Waals surface area contributed by atoms with Gasteiger partial charge in [0.25, 0.3) is 5.91 Å². The molecule has 4 aromatic rings. The van der Waals surface area contributed by atoms with Crippen LogP contribution < -0.4 is 10.8 Å². The second-order valence-electron chi connectivity index (χ2n) is 5.76. The number of hydrogen-bond acceptors (Lipinski definition) is 6. The molecule has 4 rings (SSSR count). The molecule has 27 heavy (non-hydrogen) atoms. The second kappa shape index (κ2) is 7.79. The fourth-order valence-electron chi connectivity index (χ4n) is 2.67. The monoisotopic (exact) mass is 411 g/mol. The number of carbonyl (C=O) groups excluding carboxylic acids is 1. The maximum absolute atomic E-state index is 13.0. The summed E-state index contributed by atoms with van der Waals surface area (Å²) < 4.78 is 0. The van der Waals surface area contributed by atoms with E-state index in [1.807, 2.05) is 41.1 Å². The van der Waals surface area contributed by atoms with Crippen molar-refractivity contribution in [1.29, 1.82) is 0 Å². The SMILES string of the molecule is O=C(Nc1cccc(B(O)O)c1)c1cc(-c2cccs2)sc1-c1cccs1. The summed E-state index contributed by atoms with van der Waals surface area (Å²) in [5, 5.41) is 25.5. The highest BCUT2D eigenvalue weighted by atomic mass is 32.1. The Morgan fingerprint density at radius 3 is 2.30 bits per heavy atom. The summed E-state index contributed by atoms with van der Waals surface area (Å²) in [6.07, 6.45) is 0. The van der Waals surface area contributed by atoms with E-state index in [1.165, 1.54) is 0 Å². The first-order valence-corrected chi connectivity index (χ1v) is 10.7. The van der Waals surface area contributed by atoms with Crippen molar-refractivity contribution in [2.45, 2.75) is 0 Å². The Balaban J connectivity index is 1.69. The Morgan fingerprint density at radius 2 is 1.63 bits per heavy atom. The van der Waals surface area contributed by atoms with Gasteiger partial charge in [-0.15, -0.1) is 34.0 Å². The Labute approximate surface area is 168 Å². The zero-order valence-corrected chi connectivity index (χ0v) is 16.4. The lowest BCUT2D eigenvalue weighted by Crippen LogP contribution is -2.30. The van der Waals surface area contributed by atoms with Crippen molar-refractivity contribution in [1.82, 2.24) is 0 Å². The summed E-state index contributed by atoms with van der Waals surface area (Å²) in [6.45, 7) is 0. The molecule has 0 radical (unpaired) electrons. The highest BCUT2D eigenvalue weighted by Gasteiger charge is 2.20. The molecule has 0 fully saturated rings. The van der Waals surface area contributed by atoms with E-state index >= 15 is 0 Å². The summed E-state index contributed by atoms with van der Waals surface area (Å²) in [7, 11) is -1.57. The molecule has 0 aliphatic carbocycles. The smallest absolute Gasteiger partial charge is 0.423 e. The zero-order valence-electron chi connectivity index (χ0n) is 14.0. The van der Waals surface area contributed by atoms with Crippen LogP contribution in [-0.2, 0) is 0 Å². The number of rotatable bonds is 5. The molecule has 0 spiro atoms. The van der Waals surface area contributed by atoms with E-state index in [0.29, 0.717) is 16.7 Å². The van der Waals surface area contributed by atoms with Gasteiger partial charge < -0.3 is 15.4 Å². The van der Waals surface area contributed by atoms with E-state index in [1.54, 1.807) is 58.3 Å². The molecule has 4 nitrogen and oxygen atoms in total. The average molecular weight is 411 g/mol. The number of thiophene rings is 3. The normalized spacial score (nSPS) is 10.7. The molecule has 8 heteroatoms. The van der Waals surface area contributed by atoms with Crippen LogP contribution in [0.25, 0.3) is 19.5 Å². The van der Waals surface area contributed by atoms with Gasteiger partial charge in [-0.3, -0.25) is 4.79 Å². The summed E-state index contributed by atoms with van der Waals surface area (Å²) >= 11 is 4.84. The number of nitrogens with one attached hydrogen (secondary N) is 1. The van der Waals surface area contributed by atoms with Crippen LogP contribution in [0.1, 0.15) is 10.4 Å². The molecular formula is C19H14BNO3S3. The highest BCUT2D eigenvalue weighted by Crippen LogP contribution is 2.41. The van der Waals surface area contributed by atoms with Gasteiger partial charge in [0.2, 0.25) is 0 Å². The minimum Gasteiger partial charge on any atom is -0.423 e. The van der Waals surface area contributed by atoms with E-state index in [2.05, 4.69) is 5.32 Å². The van der Waals surface area contributed by atoms with Crippen LogP contribution >= 0.6 is 34.0 Å². The summed E-state index contributed by atoms with van der Waals surface area (Å²) in [6, 6.07) is 16.5. The number of carbonyl (C=O) groups is 1. The van der Waals surface area contributed by atoms with Gasteiger partial charge in [0.05, 0.1) is 10.4 Å². The van der Waals surface area contributed by atoms with Gasteiger partial charge in [-0.25, -0.2) is 0 Å². The van der Waals surface area contributed by atoms with Gasteiger partial charge in [-0.05, 0) is 46.6 Å². The maximum Gasteiger partial charge on any atom is 0.488 e. The topological polar surface area (TPSA) is 69.6 Å². The minimum absolute atomic E-state index is 0.220. The third-order valence-corrected chi connectivity index (χ3v) is 7.18. The highest BCUT2D eigenvalue weighted by molar-refractivity contribution is 7.26. The van der Waals surface area contributed by atoms with Crippen LogP contribution in [-0.4, -0.2) is 23.1 Å². The van der Waals surface area contributed by atoms with Crippen LogP contribution in [0.2, 0.25) is 0 Å². The Bertz CT molecular complexity index is 1060. The first-order valence-electron chi connectivity index (χ1n) is 8.11. The molecule has 0 aliphatic heterocycles. The van der Waals surface area contributed by atoms with Crippen molar-refractivity contribution in [2.24, 2.45) is 0 Å². The van der Waals surface area contributed by atoms with Crippen molar-refractivity contribution >= 4 is 58.2 Å². The lowest BCUT2D eigenvalue weighted by molar-refractivity contribution is 0.102.